The van der Waals surface area contributed by atoms with E-state index in [0.29, 0.717) is 0 Å². The number of carbonyl (C=O) groups is 1. The van der Waals surface area contributed by atoms with Crippen molar-refractivity contribution >= 4 is 27.7 Å². The maximum Gasteiger partial charge on any atom is 0.250 e. The fraction of sp³-hybridized carbons (Fsp3) is 0.300. The minimum atomic E-state index is -0.561. The number of rotatable bonds is 1. The molecule has 1 aromatic heterocycles. The number of anilines is 1. The third-order valence-electron chi connectivity index (χ3n) is 5.12. The molecule has 1 amide bonds. The fourth-order valence-corrected chi connectivity index (χ4v) is 4.40. The van der Waals surface area contributed by atoms with Crippen LogP contribution >= 0.6 is 15.9 Å². The summed E-state index contributed by atoms with van der Waals surface area (Å²) < 4.78 is 0.994. The second-order valence-electron chi connectivity index (χ2n) is 7.53. The normalized spacial score (nSPS) is 24.1. The summed E-state index contributed by atoms with van der Waals surface area (Å²) in [5.41, 5.74) is 2.98. The monoisotopic (exact) mass is 397 g/mol. The van der Waals surface area contributed by atoms with Gasteiger partial charge in [-0.2, -0.15) is 0 Å². The fourth-order valence-electron chi connectivity index (χ4n) is 4.00. The highest BCUT2D eigenvalue weighted by Gasteiger charge is 2.47. The molecule has 128 valence electrons. The molecule has 1 atom stereocenters. The number of hydrogen-bond donors (Lipinski definition) is 2. The number of amides is 1. The number of aromatic nitrogens is 1. The molecule has 0 aliphatic carbocycles. The Labute approximate surface area is 155 Å². The van der Waals surface area contributed by atoms with Crippen LogP contribution in [0, 0.1) is 0 Å². The van der Waals surface area contributed by atoms with Crippen LogP contribution in [0.5, 0.6) is 0 Å². The molecule has 0 fully saturated rings. The SMILES string of the molecule is CC1(C)CC2=C(C(=O)N1)C(C)(c1cccc(Br)c1)c1cccnc1N2. The highest BCUT2D eigenvalue weighted by Crippen LogP contribution is 2.49. The lowest BCUT2D eigenvalue weighted by Crippen LogP contribution is -2.54. The van der Waals surface area contributed by atoms with E-state index in [-0.39, 0.29) is 11.4 Å². The molecule has 1 unspecified atom stereocenters. The molecule has 1 aromatic carbocycles. The van der Waals surface area contributed by atoms with Gasteiger partial charge in [0.1, 0.15) is 5.82 Å². The second-order valence-corrected chi connectivity index (χ2v) is 8.44. The van der Waals surface area contributed by atoms with Gasteiger partial charge in [0.25, 0.3) is 5.91 Å². The Morgan fingerprint density at radius 3 is 2.72 bits per heavy atom. The third-order valence-corrected chi connectivity index (χ3v) is 5.61. The smallest absolute Gasteiger partial charge is 0.250 e. The van der Waals surface area contributed by atoms with Gasteiger partial charge in [0.15, 0.2) is 0 Å². The van der Waals surface area contributed by atoms with E-state index < -0.39 is 5.41 Å². The lowest BCUT2D eigenvalue weighted by atomic mass is 9.66. The van der Waals surface area contributed by atoms with Crippen molar-refractivity contribution in [3.8, 4) is 0 Å². The second kappa shape index (κ2) is 5.43. The van der Waals surface area contributed by atoms with Gasteiger partial charge in [-0.25, -0.2) is 4.98 Å². The van der Waals surface area contributed by atoms with E-state index in [1.807, 2.05) is 38.1 Å². The van der Waals surface area contributed by atoms with Crippen molar-refractivity contribution in [2.75, 3.05) is 5.32 Å². The van der Waals surface area contributed by atoms with Gasteiger partial charge in [0.05, 0.1) is 11.0 Å². The van der Waals surface area contributed by atoms with E-state index in [1.54, 1.807) is 6.20 Å². The molecule has 25 heavy (non-hydrogen) atoms. The molecule has 4 rings (SSSR count). The van der Waals surface area contributed by atoms with Gasteiger partial charge >= 0.3 is 0 Å². The summed E-state index contributed by atoms with van der Waals surface area (Å²) in [5.74, 6) is 0.810. The average molecular weight is 398 g/mol. The molecule has 2 aliphatic rings. The molecule has 5 heteroatoms. The van der Waals surface area contributed by atoms with E-state index in [2.05, 4.69) is 50.6 Å². The molecule has 0 bridgehead atoms. The number of carbonyl (C=O) groups excluding carboxylic acids is 1. The molecule has 3 heterocycles. The van der Waals surface area contributed by atoms with Crippen molar-refractivity contribution in [3.63, 3.8) is 0 Å². The van der Waals surface area contributed by atoms with Crippen molar-refractivity contribution in [2.45, 2.75) is 38.1 Å². The summed E-state index contributed by atoms with van der Waals surface area (Å²) in [5, 5.41) is 6.58. The average Bonchev–Trinajstić information content (AvgIpc) is 2.53. The van der Waals surface area contributed by atoms with Crippen LogP contribution in [-0.2, 0) is 10.2 Å². The third kappa shape index (κ3) is 2.49. The van der Waals surface area contributed by atoms with Gasteiger partial charge in [-0.1, -0.05) is 34.1 Å². The van der Waals surface area contributed by atoms with Crippen molar-refractivity contribution in [1.29, 1.82) is 0 Å². The first kappa shape index (κ1) is 16.3. The van der Waals surface area contributed by atoms with Crippen molar-refractivity contribution in [1.82, 2.24) is 10.3 Å². The van der Waals surface area contributed by atoms with Crippen LogP contribution in [0.4, 0.5) is 5.82 Å². The van der Waals surface area contributed by atoms with Gasteiger partial charge in [-0.05, 0) is 44.5 Å². The topological polar surface area (TPSA) is 54.0 Å². The van der Waals surface area contributed by atoms with Crippen molar-refractivity contribution in [2.24, 2.45) is 0 Å². The highest BCUT2D eigenvalue weighted by atomic mass is 79.9. The summed E-state index contributed by atoms with van der Waals surface area (Å²) in [6.07, 6.45) is 2.53. The molecule has 0 radical (unpaired) electrons. The summed E-state index contributed by atoms with van der Waals surface area (Å²) >= 11 is 3.57. The van der Waals surface area contributed by atoms with Crippen LogP contribution in [0.1, 0.15) is 38.3 Å². The molecule has 0 saturated heterocycles. The molecule has 4 nitrogen and oxygen atoms in total. The maximum atomic E-state index is 13.1. The molecule has 2 N–H and O–H groups in total. The Morgan fingerprint density at radius 1 is 1.16 bits per heavy atom. The predicted octanol–water partition coefficient (Wildman–Crippen LogP) is 4.13. The van der Waals surface area contributed by atoms with Crippen LogP contribution in [-0.4, -0.2) is 16.4 Å². The quantitative estimate of drug-likeness (QED) is 0.760. The summed E-state index contributed by atoms with van der Waals surface area (Å²) in [4.78, 5) is 17.6. The Morgan fingerprint density at radius 2 is 1.96 bits per heavy atom. The van der Waals surface area contributed by atoms with Gasteiger partial charge in [-0.3, -0.25) is 4.79 Å². The Kier molecular flexibility index (Phi) is 3.55. The van der Waals surface area contributed by atoms with Crippen LogP contribution < -0.4 is 10.6 Å². The standard InChI is InChI=1S/C20H20BrN3O/c1-19(2)11-15-16(18(25)24-19)20(3,12-6-4-7-13(21)10-12)14-8-5-9-22-17(14)23-15/h4-10H,11H2,1-3H3,(H,22,23)(H,24,25). The van der Waals surface area contributed by atoms with E-state index in [1.165, 1.54) is 0 Å². The molecule has 0 saturated carbocycles. The van der Waals surface area contributed by atoms with Gasteiger partial charge in [0, 0.05) is 33.9 Å². The van der Waals surface area contributed by atoms with Gasteiger partial charge in [0.2, 0.25) is 0 Å². The Hall–Kier alpha value is -2.14. The largest absolute Gasteiger partial charge is 0.347 e. The Bertz CT molecular complexity index is 919. The zero-order chi connectivity index (χ0) is 17.8. The first-order valence-electron chi connectivity index (χ1n) is 8.36. The van der Waals surface area contributed by atoms with E-state index >= 15 is 0 Å². The van der Waals surface area contributed by atoms with Gasteiger partial charge < -0.3 is 10.6 Å². The molecular formula is C20H20BrN3O. The van der Waals surface area contributed by atoms with Crippen LogP contribution in [0.2, 0.25) is 0 Å². The summed E-state index contributed by atoms with van der Waals surface area (Å²) in [7, 11) is 0. The summed E-state index contributed by atoms with van der Waals surface area (Å²) in [6, 6.07) is 12.1. The Balaban J connectivity index is 2.02. The number of nitrogens with one attached hydrogen (secondary N) is 2. The molecule has 2 aromatic rings. The highest BCUT2D eigenvalue weighted by molar-refractivity contribution is 9.10. The predicted molar refractivity (Wildman–Crippen MR) is 102 cm³/mol. The maximum absolute atomic E-state index is 13.1. The lowest BCUT2D eigenvalue weighted by molar-refractivity contribution is -0.120. The van der Waals surface area contributed by atoms with Crippen molar-refractivity contribution < 1.29 is 4.79 Å². The zero-order valence-corrected chi connectivity index (χ0v) is 16.1. The number of nitrogens with zero attached hydrogens (tertiary/aromatic N) is 1. The molecular weight excluding hydrogens is 378 g/mol. The lowest BCUT2D eigenvalue weighted by Gasteiger charge is -2.45. The zero-order valence-electron chi connectivity index (χ0n) is 14.5. The number of benzene rings is 1. The van der Waals surface area contributed by atoms with Crippen LogP contribution in [0.3, 0.4) is 0 Å². The number of halogens is 1. The minimum absolute atomic E-state index is 0.0178. The first-order chi connectivity index (χ1) is 11.8. The molecule has 2 aliphatic heterocycles. The van der Waals surface area contributed by atoms with E-state index in [4.69, 9.17) is 0 Å². The van der Waals surface area contributed by atoms with E-state index in [9.17, 15) is 4.79 Å². The minimum Gasteiger partial charge on any atom is -0.347 e. The van der Waals surface area contributed by atoms with E-state index in [0.717, 1.165) is 39.1 Å². The molecule has 0 spiro atoms. The number of pyridine rings is 1. The van der Waals surface area contributed by atoms with Crippen molar-refractivity contribution in [3.05, 3.63) is 69.5 Å². The number of fused-ring (bicyclic) bond motifs is 1. The first-order valence-corrected chi connectivity index (χ1v) is 9.15. The number of hydrogen-bond acceptors (Lipinski definition) is 3. The van der Waals surface area contributed by atoms with Gasteiger partial charge in [-0.15, -0.1) is 0 Å². The van der Waals surface area contributed by atoms with Crippen LogP contribution in [0.15, 0.2) is 58.3 Å². The van der Waals surface area contributed by atoms with Crippen LogP contribution in [0.25, 0.3) is 0 Å². The summed E-state index contributed by atoms with van der Waals surface area (Å²) in [6.45, 7) is 6.20.